The van der Waals surface area contributed by atoms with Crippen LogP contribution in [0.25, 0.3) is 0 Å². The highest BCUT2D eigenvalue weighted by molar-refractivity contribution is 5.80. The third-order valence-electron chi connectivity index (χ3n) is 6.75. The molecule has 0 aliphatic carbocycles. The number of alkyl carbamates (subject to hydrolysis) is 3. The molecule has 314 valence electrons. The van der Waals surface area contributed by atoms with Gasteiger partial charge in [-0.3, -0.25) is 9.59 Å². The van der Waals surface area contributed by atoms with Crippen LogP contribution in [-0.2, 0) is 53.2 Å². The summed E-state index contributed by atoms with van der Waals surface area (Å²) >= 11 is 0. The summed E-state index contributed by atoms with van der Waals surface area (Å²) in [5.41, 5.74) is 2.57. The van der Waals surface area contributed by atoms with Crippen molar-refractivity contribution in [2.24, 2.45) is 5.92 Å². The normalized spacial score (nSPS) is 10.9. The first-order valence-corrected chi connectivity index (χ1v) is 17.8. The van der Waals surface area contributed by atoms with Crippen molar-refractivity contribution in [3.8, 4) is 0 Å². The Hall–Kier alpha value is -6.94. The van der Waals surface area contributed by atoms with Gasteiger partial charge in [0, 0.05) is 5.92 Å². The third-order valence-corrected chi connectivity index (χ3v) is 6.75. The van der Waals surface area contributed by atoms with Crippen molar-refractivity contribution in [3.63, 3.8) is 0 Å². The van der Waals surface area contributed by atoms with Crippen LogP contribution in [0.2, 0.25) is 0 Å². The van der Waals surface area contributed by atoms with Gasteiger partial charge in [0.05, 0.1) is 6.61 Å². The van der Waals surface area contributed by atoms with Crippen molar-refractivity contribution in [3.05, 3.63) is 145 Å². The van der Waals surface area contributed by atoms with Gasteiger partial charge < -0.3 is 50.2 Å². The minimum absolute atomic E-state index is 0.0987. The van der Waals surface area contributed by atoms with E-state index in [1.807, 2.05) is 105 Å². The van der Waals surface area contributed by atoms with E-state index in [0.717, 1.165) is 16.7 Å². The summed E-state index contributed by atoms with van der Waals surface area (Å²) in [5.74, 6) is -3.12. The predicted octanol–water partition coefficient (Wildman–Crippen LogP) is 5.77. The number of aliphatic hydroxyl groups excluding tert-OH is 1. The molecule has 0 fully saturated rings. The summed E-state index contributed by atoms with van der Waals surface area (Å²) in [6.07, 6.45) is 6.29. The molecule has 0 bridgehead atoms. The van der Waals surface area contributed by atoms with Crippen LogP contribution in [0.1, 0.15) is 37.5 Å². The van der Waals surface area contributed by atoms with E-state index < -0.39 is 48.8 Å². The van der Waals surface area contributed by atoms with Gasteiger partial charge in [-0.2, -0.15) is 0 Å². The number of benzene rings is 3. The van der Waals surface area contributed by atoms with Gasteiger partial charge >= 0.3 is 36.2 Å². The van der Waals surface area contributed by atoms with Crippen molar-refractivity contribution in [1.82, 2.24) is 16.0 Å². The van der Waals surface area contributed by atoms with E-state index in [9.17, 15) is 28.8 Å². The molecule has 0 saturated carbocycles. The van der Waals surface area contributed by atoms with Gasteiger partial charge in [0.25, 0.3) is 0 Å². The lowest BCUT2D eigenvalue weighted by Crippen LogP contribution is -2.44. The van der Waals surface area contributed by atoms with Gasteiger partial charge in [-0.1, -0.05) is 128 Å². The number of allylic oxidation sites excluding steroid dienone is 2. The van der Waals surface area contributed by atoms with Crippen molar-refractivity contribution < 1.29 is 63.0 Å². The highest BCUT2D eigenvalue weighted by atomic mass is 16.6. The standard InChI is InChI=1S/2C14H17NO4.C10H11NO4.C4H8O/c1-3-10(2)12(13(16)17)15-14(18)19-9-11-7-5-4-6-8-11;1-2-3-9-18-13(16)10-15-14(17)19-11-12-7-5-4-6-8-12;12-9(13)6-11-10(14)15-7-8-4-2-1-3-5-8;1-2-3-4-5/h3-8,10,12H,1,9H2,2H3,(H,15,18)(H,16,17);2-8H,9-11H2,1H3,(H,15,17);1-5H,6-7H2,(H,11,14)(H,12,13);2-3,5H,4H2,1H3/b;3-2+;;3-2+. The number of carbonyl (C=O) groups excluding carboxylic acids is 4. The maximum absolute atomic E-state index is 11.5. The number of aliphatic carboxylic acids is 2. The minimum Gasteiger partial charge on any atom is -0.480 e. The van der Waals surface area contributed by atoms with Gasteiger partial charge in [-0.25, -0.2) is 19.2 Å². The summed E-state index contributed by atoms with van der Waals surface area (Å²) < 4.78 is 19.5. The predicted molar refractivity (Wildman–Crippen MR) is 215 cm³/mol. The molecule has 16 heteroatoms. The van der Waals surface area contributed by atoms with E-state index >= 15 is 0 Å². The van der Waals surface area contributed by atoms with E-state index in [1.54, 1.807) is 31.2 Å². The summed E-state index contributed by atoms with van der Waals surface area (Å²) in [4.78, 5) is 66.0. The second kappa shape index (κ2) is 33.4. The third kappa shape index (κ3) is 28.5. The Morgan fingerprint density at radius 3 is 1.40 bits per heavy atom. The number of amides is 3. The lowest BCUT2D eigenvalue weighted by molar-refractivity contribution is -0.141. The van der Waals surface area contributed by atoms with E-state index in [4.69, 9.17) is 34.3 Å². The Bertz CT molecular complexity index is 1690. The van der Waals surface area contributed by atoms with E-state index in [2.05, 4.69) is 22.5 Å². The zero-order valence-electron chi connectivity index (χ0n) is 32.8. The van der Waals surface area contributed by atoms with Crippen molar-refractivity contribution in [1.29, 1.82) is 0 Å². The van der Waals surface area contributed by atoms with Crippen molar-refractivity contribution in [2.75, 3.05) is 26.3 Å². The molecule has 2 unspecified atom stereocenters. The second-order valence-corrected chi connectivity index (χ2v) is 11.3. The minimum atomic E-state index is -1.12. The van der Waals surface area contributed by atoms with Crippen LogP contribution in [-0.4, -0.2) is 83.9 Å². The fourth-order valence-electron chi connectivity index (χ4n) is 3.68. The van der Waals surface area contributed by atoms with E-state index in [1.165, 1.54) is 6.08 Å². The zero-order chi connectivity index (χ0) is 43.4. The molecule has 0 spiro atoms. The second-order valence-electron chi connectivity index (χ2n) is 11.3. The lowest BCUT2D eigenvalue weighted by Gasteiger charge is -2.18. The Labute approximate surface area is 338 Å². The lowest BCUT2D eigenvalue weighted by atomic mass is 10.0. The van der Waals surface area contributed by atoms with Crippen LogP contribution >= 0.6 is 0 Å². The molecule has 0 saturated heterocycles. The Morgan fingerprint density at radius 1 is 0.638 bits per heavy atom. The number of carbonyl (C=O) groups is 6. The highest BCUT2D eigenvalue weighted by Crippen LogP contribution is 2.06. The molecule has 3 rings (SSSR count). The van der Waals surface area contributed by atoms with Crippen LogP contribution in [0.5, 0.6) is 0 Å². The smallest absolute Gasteiger partial charge is 0.408 e. The van der Waals surface area contributed by atoms with Crippen LogP contribution in [0.3, 0.4) is 0 Å². The average Bonchev–Trinajstić information content (AvgIpc) is 3.23. The molecule has 3 amide bonds. The number of carboxylic acids is 2. The topological polar surface area (TPSA) is 236 Å². The quantitative estimate of drug-likeness (QED) is 0.0540. The molecular weight excluding hydrogens is 754 g/mol. The summed E-state index contributed by atoms with van der Waals surface area (Å²) in [6, 6.07) is 26.5. The SMILES string of the molecule is C/C=C/CO.C/C=C/COC(=O)CNC(=O)OCc1ccccc1.C=CC(C)C(NC(=O)OCc1ccccc1)C(=O)O.O=C(O)CNC(=O)OCc1ccccc1. The maximum atomic E-state index is 11.5. The number of rotatable bonds is 17. The first kappa shape index (κ1) is 51.1. The number of carboxylic acid groups (broad SMARTS) is 2. The molecule has 6 N–H and O–H groups in total. The number of aliphatic hydroxyl groups is 1. The summed E-state index contributed by atoms with van der Waals surface area (Å²) in [5, 5.41) is 32.0. The van der Waals surface area contributed by atoms with E-state index in [0.29, 0.717) is 0 Å². The molecule has 3 aromatic rings. The van der Waals surface area contributed by atoms with Crippen molar-refractivity contribution >= 4 is 36.2 Å². The molecule has 0 aromatic heterocycles. The number of esters is 1. The molecular formula is C42H53N3O13. The molecule has 16 nitrogen and oxygen atoms in total. The average molecular weight is 808 g/mol. The fourth-order valence-corrected chi connectivity index (χ4v) is 3.68. The number of ether oxygens (including phenoxy) is 4. The largest absolute Gasteiger partial charge is 0.480 e. The van der Waals surface area contributed by atoms with Crippen LogP contribution in [0.15, 0.2) is 128 Å². The molecule has 0 aliphatic rings. The highest BCUT2D eigenvalue weighted by Gasteiger charge is 2.25. The number of hydrogen-bond acceptors (Lipinski definition) is 11. The molecule has 0 heterocycles. The molecule has 2 atom stereocenters. The van der Waals surface area contributed by atoms with Gasteiger partial charge in [-0.05, 0) is 30.5 Å². The number of nitrogens with one attached hydrogen (secondary N) is 3. The van der Waals surface area contributed by atoms with Gasteiger partial charge in [0.2, 0.25) is 0 Å². The summed E-state index contributed by atoms with van der Waals surface area (Å²) in [6.45, 7) is 8.99. The fraction of sp³-hybridized carbons (Fsp3) is 0.286. The van der Waals surface area contributed by atoms with Crippen LogP contribution in [0.4, 0.5) is 14.4 Å². The molecule has 0 radical (unpaired) electrons. The molecule has 3 aromatic carbocycles. The Morgan fingerprint density at radius 2 is 1.05 bits per heavy atom. The first-order valence-electron chi connectivity index (χ1n) is 17.8. The van der Waals surface area contributed by atoms with Crippen molar-refractivity contribution in [2.45, 2.75) is 46.6 Å². The van der Waals surface area contributed by atoms with Gasteiger partial charge in [-0.15, -0.1) is 6.58 Å². The first-order chi connectivity index (χ1) is 27.9. The van der Waals surface area contributed by atoms with E-state index in [-0.39, 0.29) is 45.5 Å². The summed E-state index contributed by atoms with van der Waals surface area (Å²) in [7, 11) is 0. The molecule has 58 heavy (non-hydrogen) atoms. The van der Waals surface area contributed by atoms with Gasteiger partial charge in [0.1, 0.15) is 45.6 Å². The number of hydrogen-bond donors (Lipinski definition) is 6. The monoisotopic (exact) mass is 807 g/mol. The Kier molecular flexibility index (Phi) is 29.4. The van der Waals surface area contributed by atoms with Crippen LogP contribution in [0, 0.1) is 5.92 Å². The molecule has 0 aliphatic heterocycles. The maximum Gasteiger partial charge on any atom is 0.408 e. The Balaban J connectivity index is 0.000000797. The van der Waals surface area contributed by atoms with Gasteiger partial charge in [0.15, 0.2) is 0 Å². The van der Waals surface area contributed by atoms with Crippen LogP contribution < -0.4 is 16.0 Å². The zero-order valence-corrected chi connectivity index (χ0v) is 32.8.